The quantitative estimate of drug-likeness (QED) is 0.797. The molecule has 3 aliphatic rings. The average molecular weight is 419 g/mol. The number of methoxy groups -OCH3 is 1. The highest BCUT2D eigenvalue weighted by atomic mass is 32.1. The zero-order valence-corrected chi connectivity index (χ0v) is 17.3. The van der Waals surface area contributed by atoms with Crippen molar-refractivity contribution in [2.45, 2.75) is 43.9 Å². The van der Waals surface area contributed by atoms with Crippen molar-refractivity contribution in [1.82, 2.24) is 9.88 Å². The molecular weight excluding hydrogens is 392 g/mol. The molecule has 3 aliphatic heterocycles. The molecule has 1 aromatic carbocycles. The first-order valence-electron chi connectivity index (χ1n) is 10.2. The Bertz CT molecular complexity index is 899. The fourth-order valence-electron chi connectivity index (χ4n) is 4.88. The zero-order chi connectivity index (χ0) is 20.0. The molecule has 0 radical (unpaired) electrons. The van der Waals surface area contributed by atoms with E-state index in [0.717, 1.165) is 41.8 Å². The molecule has 2 bridgehead atoms. The molecule has 0 unspecified atom stereocenters. The maximum absolute atomic E-state index is 13.0. The number of benzene rings is 1. The average Bonchev–Trinajstić information content (AvgIpc) is 3.26. The van der Waals surface area contributed by atoms with E-state index in [2.05, 4.69) is 21.3 Å². The summed E-state index contributed by atoms with van der Waals surface area (Å²) in [5, 5.41) is 13.6. The molecule has 2 atom stereocenters. The van der Waals surface area contributed by atoms with Crippen molar-refractivity contribution in [1.29, 1.82) is 0 Å². The van der Waals surface area contributed by atoms with Crippen LogP contribution in [-0.2, 0) is 4.74 Å². The van der Waals surface area contributed by atoms with Crippen LogP contribution in [0.2, 0.25) is 0 Å². The van der Waals surface area contributed by atoms with E-state index in [1.165, 1.54) is 11.3 Å². The summed E-state index contributed by atoms with van der Waals surface area (Å²) in [7, 11) is 1.64. The van der Waals surface area contributed by atoms with Gasteiger partial charge in [0.15, 0.2) is 5.13 Å². The summed E-state index contributed by atoms with van der Waals surface area (Å²) >= 11 is 1.48. The molecule has 2 amide bonds. The van der Waals surface area contributed by atoms with E-state index in [1.807, 2.05) is 11.0 Å². The van der Waals surface area contributed by atoms with Crippen LogP contribution in [0.15, 0.2) is 12.1 Å². The van der Waals surface area contributed by atoms with Crippen molar-refractivity contribution in [2.24, 2.45) is 0 Å². The standard InChI is InChI=1S/C20H26N4O4S/c1-27-16-5-4-15(23-6-8-28-9-7-23)18-17(16)21-19(29-18)22-20(26)24-12-2-3-13(24)11-14(25)10-12/h4-5,12-14,25H,2-3,6-11H2,1H3,(H,21,22,26)/t12-,13-/m0/s1. The van der Waals surface area contributed by atoms with Crippen molar-refractivity contribution < 1.29 is 19.4 Å². The Morgan fingerprint density at radius 3 is 2.69 bits per heavy atom. The fraction of sp³-hybridized carbons (Fsp3) is 0.600. The van der Waals surface area contributed by atoms with Crippen LogP contribution in [0.5, 0.6) is 5.75 Å². The second-order valence-corrected chi connectivity index (χ2v) is 8.93. The Balaban J connectivity index is 1.42. The molecule has 8 nitrogen and oxygen atoms in total. The SMILES string of the molecule is COc1ccc(N2CCOCC2)c2sc(NC(=O)N3[C@H]4CC[C@H]3CC(O)C4)nc12. The van der Waals surface area contributed by atoms with Crippen LogP contribution < -0.4 is 15.0 Å². The minimum atomic E-state index is -0.292. The number of carbonyl (C=O) groups is 1. The molecule has 5 rings (SSSR count). The first-order chi connectivity index (χ1) is 14.1. The number of rotatable bonds is 3. The summed E-state index contributed by atoms with van der Waals surface area (Å²) in [6.45, 7) is 3.08. The molecule has 3 fully saturated rings. The lowest BCUT2D eigenvalue weighted by Crippen LogP contribution is -2.49. The van der Waals surface area contributed by atoms with Crippen LogP contribution >= 0.6 is 11.3 Å². The van der Waals surface area contributed by atoms with Gasteiger partial charge in [0.1, 0.15) is 11.3 Å². The fourth-order valence-corrected chi connectivity index (χ4v) is 5.89. The summed E-state index contributed by atoms with van der Waals surface area (Å²) in [6.07, 6.45) is 2.96. The number of ether oxygens (including phenoxy) is 2. The molecule has 29 heavy (non-hydrogen) atoms. The first-order valence-corrected chi connectivity index (χ1v) is 11.0. The van der Waals surface area contributed by atoms with E-state index in [9.17, 15) is 9.90 Å². The number of fused-ring (bicyclic) bond motifs is 3. The van der Waals surface area contributed by atoms with Crippen LogP contribution in [0.25, 0.3) is 10.2 Å². The number of urea groups is 1. The number of aromatic nitrogens is 1. The number of anilines is 2. The molecule has 0 spiro atoms. The molecule has 2 aromatic rings. The third kappa shape index (κ3) is 3.41. The number of hydrogen-bond acceptors (Lipinski definition) is 7. The molecule has 9 heteroatoms. The van der Waals surface area contributed by atoms with Gasteiger partial charge in [0.05, 0.1) is 36.8 Å². The summed E-state index contributed by atoms with van der Waals surface area (Å²) < 4.78 is 12.0. The highest BCUT2D eigenvalue weighted by Crippen LogP contribution is 2.41. The molecular formula is C20H26N4O4S. The predicted molar refractivity (Wildman–Crippen MR) is 112 cm³/mol. The topological polar surface area (TPSA) is 87.2 Å². The van der Waals surface area contributed by atoms with Crippen molar-refractivity contribution in [3.8, 4) is 5.75 Å². The third-order valence-corrected chi connectivity index (χ3v) is 7.21. The van der Waals surface area contributed by atoms with Crippen molar-refractivity contribution >= 4 is 38.4 Å². The van der Waals surface area contributed by atoms with E-state index >= 15 is 0 Å². The van der Waals surface area contributed by atoms with Gasteiger partial charge in [-0.25, -0.2) is 9.78 Å². The van der Waals surface area contributed by atoms with Gasteiger partial charge in [-0.1, -0.05) is 11.3 Å². The lowest BCUT2D eigenvalue weighted by atomic mass is 10.0. The number of thiazole rings is 1. The number of morpholine rings is 1. The number of piperidine rings is 1. The van der Waals surface area contributed by atoms with E-state index in [0.29, 0.717) is 36.9 Å². The first kappa shape index (κ1) is 18.9. The van der Waals surface area contributed by atoms with Crippen molar-refractivity contribution in [3.63, 3.8) is 0 Å². The lowest BCUT2D eigenvalue weighted by Gasteiger charge is -2.36. The van der Waals surface area contributed by atoms with Gasteiger partial charge in [0.25, 0.3) is 0 Å². The monoisotopic (exact) mass is 418 g/mol. The van der Waals surface area contributed by atoms with Gasteiger partial charge in [0, 0.05) is 25.2 Å². The van der Waals surface area contributed by atoms with Gasteiger partial charge in [-0.2, -0.15) is 0 Å². The smallest absolute Gasteiger partial charge is 0.324 e. The van der Waals surface area contributed by atoms with Gasteiger partial charge in [-0.15, -0.1) is 0 Å². The molecule has 3 saturated heterocycles. The summed E-state index contributed by atoms with van der Waals surface area (Å²) in [4.78, 5) is 21.9. The highest BCUT2D eigenvalue weighted by Gasteiger charge is 2.43. The predicted octanol–water partition coefficient (Wildman–Crippen LogP) is 2.66. The van der Waals surface area contributed by atoms with E-state index in [-0.39, 0.29) is 24.2 Å². The number of carbonyl (C=O) groups excluding carboxylic acids is 1. The number of aliphatic hydroxyl groups excluding tert-OH is 1. The number of amides is 2. The molecule has 2 N–H and O–H groups in total. The number of aliphatic hydroxyl groups is 1. The second kappa shape index (κ2) is 7.62. The van der Waals surface area contributed by atoms with Crippen LogP contribution in [0.4, 0.5) is 15.6 Å². The summed E-state index contributed by atoms with van der Waals surface area (Å²) in [5.74, 6) is 0.704. The maximum Gasteiger partial charge on any atom is 0.324 e. The zero-order valence-electron chi connectivity index (χ0n) is 16.5. The van der Waals surface area contributed by atoms with Gasteiger partial charge in [-0.3, -0.25) is 5.32 Å². The molecule has 4 heterocycles. The van der Waals surface area contributed by atoms with E-state index in [1.54, 1.807) is 7.11 Å². The van der Waals surface area contributed by atoms with E-state index in [4.69, 9.17) is 9.47 Å². The number of nitrogens with one attached hydrogen (secondary N) is 1. The summed E-state index contributed by atoms with van der Waals surface area (Å²) in [5.41, 5.74) is 1.87. The molecule has 0 saturated carbocycles. The van der Waals surface area contributed by atoms with Gasteiger partial charge in [-0.05, 0) is 37.8 Å². The lowest BCUT2D eigenvalue weighted by molar-refractivity contribution is 0.0580. The Morgan fingerprint density at radius 2 is 2.00 bits per heavy atom. The Hall–Kier alpha value is -2.10. The second-order valence-electron chi connectivity index (χ2n) is 7.93. The Labute approximate surface area is 173 Å². The van der Waals surface area contributed by atoms with Crippen LogP contribution in [-0.4, -0.2) is 72.6 Å². The van der Waals surface area contributed by atoms with Crippen molar-refractivity contribution in [2.75, 3.05) is 43.6 Å². The highest BCUT2D eigenvalue weighted by molar-refractivity contribution is 7.23. The van der Waals surface area contributed by atoms with Crippen LogP contribution in [0.3, 0.4) is 0 Å². The van der Waals surface area contributed by atoms with Gasteiger partial charge >= 0.3 is 6.03 Å². The number of hydrogen-bond donors (Lipinski definition) is 2. The minimum Gasteiger partial charge on any atom is -0.494 e. The maximum atomic E-state index is 13.0. The Kier molecular flexibility index (Phi) is 4.97. The normalized spacial score (nSPS) is 26.8. The van der Waals surface area contributed by atoms with Crippen molar-refractivity contribution in [3.05, 3.63) is 12.1 Å². The molecule has 0 aliphatic carbocycles. The van der Waals surface area contributed by atoms with Gasteiger partial charge in [0.2, 0.25) is 0 Å². The molecule has 156 valence electrons. The molecule has 1 aromatic heterocycles. The number of nitrogens with zero attached hydrogens (tertiary/aromatic N) is 3. The van der Waals surface area contributed by atoms with Crippen LogP contribution in [0, 0.1) is 0 Å². The largest absolute Gasteiger partial charge is 0.494 e. The van der Waals surface area contributed by atoms with Gasteiger partial charge < -0.3 is 24.4 Å². The summed E-state index contributed by atoms with van der Waals surface area (Å²) in [6, 6.07) is 4.12. The van der Waals surface area contributed by atoms with Crippen LogP contribution in [0.1, 0.15) is 25.7 Å². The Morgan fingerprint density at radius 1 is 1.28 bits per heavy atom. The van der Waals surface area contributed by atoms with E-state index < -0.39 is 0 Å². The minimum absolute atomic E-state index is 0.115. The third-order valence-electron chi connectivity index (χ3n) is 6.21.